The van der Waals surface area contributed by atoms with E-state index >= 15 is 0 Å². The summed E-state index contributed by atoms with van der Waals surface area (Å²) < 4.78 is 5.51. The molecule has 2 fully saturated rings. The molecule has 1 aromatic carbocycles. The average Bonchev–Trinajstić information content (AvgIpc) is 3.06. The number of fused-ring (bicyclic) bond motifs is 1. The number of benzene rings is 1. The summed E-state index contributed by atoms with van der Waals surface area (Å²) in [6.45, 7) is 1.79. The summed E-state index contributed by atoms with van der Waals surface area (Å²) in [6.07, 6.45) is 3.82. The SMILES string of the molecule is N#Cc1ccccc1OCC(=O)N1CC2CCCC2C1. The van der Waals surface area contributed by atoms with Crippen LogP contribution in [0.4, 0.5) is 0 Å². The van der Waals surface area contributed by atoms with Crippen LogP contribution < -0.4 is 4.74 Å². The van der Waals surface area contributed by atoms with Crippen molar-refractivity contribution in [1.82, 2.24) is 4.90 Å². The van der Waals surface area contributed by atoms with Crippen molar-refractivity contribution in [3.8, 4) is 11.8 Å². The minimum absolute atomic E-state index is 0.0259. The van der Waals surface area contributed by atoms with Gasteiger partial charge in [0, 0.05) is 13.1 Å². The van der Waals surface area contributed by atoms with E-state index in [4.69, 9.17) is 10.00 Å². The Balaban J connectivity index is 1.56. The zero-order valence-electron chi connectivity index (χ0n) is 11.4. The average molecular weight is 270 g/mol. The zero-order valence-corrected chi connectivity index (χ0v) is 11.4. The minimum Gasteiger partial charge on any atom is -0.482 e. The lowest BCUT2D eigenvalue weighted by molar-refractivity contribution is -0.132. The topological polar surface area (TPSA) is 53.3 Å². The summed E-state index contributed by atoms with van der Waals surface area (Å²) in [4.78, 5) is 14.1. The van der Waals surface area contributed by atoms with Crippen molar-refractivity contribution in [3.63, 3.8) is 0 Å². The third-order valence-electron chi connectivity index (χ3n) is 4.44. The van der Waals surface area contributed by atoms with Crippen LogP contribution in [0, 0.1) is 23.2 Å². The Kier molecular flexibility index (Phi) is 3.60. The smallest absolute Gasteiger partial charge is 0.260 e. The van der Waals surface area contributed by atoms with E-state index in [1.54, 1.807) is 24.3 Å². The highest BCUT2D eigenvalue weighted by molar-refractivity contribution is 5.78. The van der Waals surface area contributed by atoms with Crippen LogP contribution in [-0.4, -0.2) is 30.5 Å². The summed E-state index contributed by atoms with van der Waals surface area (Å²) in [6, 6.07) is 9.09. The van der Waals surface area contributed by atoms with Gasteiger partial charge in [0.15, 0.2) is 6.61 Å². The number of hydrogen-bond acceptors (Lipinski definition) is 3. The Morgan fingerprint density at radius 1 is 1.30 bits per heavy atom. The Labute approximate surface area is 118 Å². The Morgan fingerprint density at radius 3 is 2.70 bits per heavy atom. The maximum atomic E-state index is 12.2. The normalized spacial score (nSPS) is 24.2. The number of ether oxygens (including phenoxy) is 1. The lowest BCUT2D eigenvalue weighted by Crippen LogP contribution is -2.33. The molecule has 0 spiro atoms. The molecule has 4 heteroatoms. The largest absolute Gasteiger partial charge is 0.482 e. The summed E-state index contributed by atoms with van der Waals surface area (Å²) >= 11 is 0. The van der Waals surface area contributed by atoms with Crippen LogP contribution in [0.2, 0.25) is 0 Å². The van der Waals surface area contributed by atoms with Crippen molar-refractivity contribution in [1.29, 1.82) is 5.26 Å². The molecule has 1 aromatic rings. The van der Waals surface area contributed by atoms with E-state index in [2.05, 4.69) is 6.07 Å². The lowest BCUT2D eigenvalue weighted by Gasteiger charge is -2.17. The molecule has 1 heterocycles. The number of rotatable bonds is 3. The second-order valence-electron chi connectivity index (χ2n) is 5.65. The summed E-state index contributed by atoms with van der Waals surface area (Å²) in [5, 5.41) is 8.98. The van der Waals surface area contributed by atoms with Gasteiger partial charge in [0.2, 0.25) is 0 Å². The molecule has 0 aromatic heterocycles. The first-order chi connectivity index (χ1) is 9.78. The Hall–Kier alpha value is -2.02. The van der Waals surface area contributed by atoms with Gasteiger partial charge in [-0.2, -0.15) is 5.26 Å². The number of nitriles is 1. The van der Waals surface area contributed by atoms with E-state index in [1.165, 1.54) is 19.3 Å². The molecule has 4 nitrogen and oxygen atoms in total. The molecule has 0 radical (unpaired) electrons. The van der Waals surface area contributed by atoms with Crippen molar-refractivity contribution in [2.75, 3.05) is 19.7 Å². The molecular formula is C16H18N2O2. The number of amides is 1. The van der Waals surface area contributed by atoms with E-state index in [0.29, 0.717) is 23.1 Å². The molecule has 1 aliphatic heterocycles. The molecule has 104 valence electrons. The number of nitrogens with zero attached hydrogens (tertiary/aromatic N) is 2. The van der Waals surface area contributed by atoms with E-state index < -0.39 is 0 Å². The molecule has 2 atom stereocenters. The maximum Gasteiger partial charge on any atom is 0.260 e. The summed E-state index contributed by atoms with van der Waals surface area (Å²) in [5.74, 6) is 1.92. The Morgan fingerprint density at radius 2 is 2.00 bits per heavy atom. The van der Waals surface area contributed by atoms with Crippen molar-refractivity contribution in [3.05, 3.63) is 29.8 Å². The minimum atomic E-state index is 0.0259. The summed E-state index contributed by atoms with van der Waals surface area (Å²) in [5.41, 5.74) is 0.471. The fourth-order valence-electron chi connectivity index (χ4n) is 3.35. The fraction of sp³-hybridized carbons (Fsp3) is 0.500. The number of likely N-dealkylation sites (tertiary alicyclic amines) is 1. The second kappa shape index (κ2) is 5.54. The van der Waals surface area contributed by atoms with Gasteiger partial charge in [-0.05, 0) is 36.8 Å². The van der Waals surface area contributed by atoms with Crippen molar-refractivity contribution in [2.24, 2.45) is 11.8 Å². The molecule has 0 bridgehead atoms. The predicted molar refractivity (Wildman–Crippen MR) is 74.1 cm³/mol. The van der Waals surface area contributed by atoms with Crippen molar-refractivity contribution < 1.29 is 9.53 Å². The monoisotopic (exact) mass is 270 g/mol. The van der Waals surface area contributed by atoms with Gasteiger partial charge >= 0.3 is 0 Å². The van der Waals surface area contributed by atoms with Gasteiger partial charge in [-0.1, -0.05) is 18.6 Å². The van der Waals surface area contributed by atoms with Crippen LogP contribution in [0.1, 0.15) is 24.8 Å². The van der Waals surface area contributed by atoms with Gasteiger partial charge in [-0.3, -0.25) is 4.79 Å². The fourth-order valence-corrected chi connectivity index (χ4v) is 3.35. The highest BCUT2D eigenvalue weighted by Crippen LogP contribution is 2.37. The Bertz CT molecular complexity index is 538. The van der Waals surface area contributed by atoms with Crippen LogP contribution in [-0.2, 0) is 4.79 Å². The molecule has 3 rings (SSSR count). The first kappa shape index (κ1) is 13.0. The predicted octanol–water partition coefficient (Wildman–Crippen LogP) is 2.20. The number of para-hydroxylation sites is 1. The van der Waals surface area contributed by atoms with Gasteiger partial charge < -0.3 is 9.64 Å². The van der Waals surface area contributed by atoms with Gasteiger partial charge in [-0.25, -0.2) is 0 Å². The second-order valence-corrected chi connectivity index (χ2v) is 5.65. The van der Waals surface area contributed by atoms with E-state index in [9.17, 15) is 4.79 Å². The molecule has 0 N–H and O–H groups in total. The number of carbonyl (C=O) groups is 1. The van der Waals surface area contributed by atoms with Gasteiger partial charge in [0.25, 0.3) is 5.91 Å². The van der Waals surface area contributed by atoms with Crippen molar-refractivity contribution in [2.45, 2.75) is 19.3 Å². The van der Waals surface area contributed by atoms with Gasteiger partial charge in [0.05, 0.1) is 5.56 Å². The van der Waals surface area contributed by atoms with Crippen LogP contribution in [0.25, 0.3) is 0 Å². The molecule has 1 amide bonds. The third kappa shape index (κ3) is 2.49. The molecular weight excluding hydrogens is 252 g/mol. The van der Waals surface area contributed by atoms with Crippen molar-refractivity contribution >= 4 is 5.91 Å². The number of hydrogen-bond donors (Lipinski definition) is 0. The van der Waals surface area contributed by atoms with E-state index in [0.717, 1.165) is 13.1 Å². The molecule has 2 aliphatic rings. The third-order valence-corrected chi connectivity index (χ3v) is 4.44. The molecule has 20 heavy (non-hydrogen) atoms. The molecule has 1 aliphatic carbocycles. The van der Waals surface area contributed by atoms with Crippen LogP contribution >= 0.6 is 0 Å². The van der Waals surface area contributed by atoms with Crippen LogP contribution in [0.3, 0.4) is 0 Å². The maximum absolute atomic E-state index is 12.2. The molecule has 2 unspecified atom stereocenters. The number of carbonyl (C=O) groups excluding carboxylic acids is 1. The zero-order chi connectivity index (χ0) is 13.9. The first-order valence-corrected chi connectivity index (χ1v) is 7.17. The lowest BCUT2D eigenvalue weighted by atomic mass is 10.0. The summed E-state index contributed by atoms with van der Waals surface area (Å²) in [7, 11) is 0. The van der Waals surface area contributed by atoms with Crippen LogP contribution in [0.15, 0.2) is 24.3 Å². The first-order valence-electron chi connectivity index (χ1n) is 7.17. The standard InChI is InChI=1S/C16H18N2O2/c17-8-12-4-1-2-7-15(12)20-11-16(19)18-9-13-5-3-6-14(13)10-18/h1-2,4,7,13-14H,3,5-6,9-11H2. The van der Waals surface area contributed by atoms with E-state index in [1.807, 2.05) is 4.90 Å². The molecule has 1 saturated carbocycles. The molecule has 1 saturated heterocycles. The highest BCUT2D eigenvalue weighted by Gasteiger charge is 2.37. The van der Waals surface area contributed by atoms with Gasteiger partial charge in [-0.15, -0.1) is 0 Å². The highest BCUT2D eigenvalue weighted by atomic mass is 16.5. The van der Waals surface area contributed by atoms with Crippen LogP contribution in [0.5, 0.6) is 5.75 Å². The van der Waals surface area contributed by atoms with Gasteiger partial charge in [0.1, 0.15) is 11.8 Å². The van der Waals surface area contributed by atoms with E-state index in [-0.39, 0.29) is 12.5 Å². The quantitative estimate of drug-likeness (QED) is 0.846.